The number of aryl methyl sites for hydroxylation is 1. The zero-order valence-corrected chi connectivity index (χ0v) is 35.6. The van der Waals surface area contributed by atoms with E-state index in [-0.39, 0.29) is 41.4 Å². The molecule has 3 aromatic heterocycles. The van der Waals surface area contributed by atoms with Crippen molar-refractivity contribution in [3.8, 4) is 5.75 Å². The number of carboxylic acid groups (broad SMARTS) is 1. The Kier molecular flexibility index (Phi) is 14.4. The fourth-order valence-corrected chi connectivity index (χ4v) is 7.03. The number of hydrazone groups is 1. The zero-order chi connectivity index (χ0) is 37.3. The summed E-state index contributed by atoms with van der Waals surface area (Å²) >= 11 is 3.12. The molecular weight excluding hydrogens is 760 g/mol. The molecule has 0 aliphatic carbocycles. The molecule has 5 aromatic rings. The maximum Gasteiger partial charge on any atom is 0.335 e. The zero-order valence-electron chi connectivity index (χ0n) is 31.0. The number of benzene rings is 2. The van der Waals surface area contributed by atoms with Crippen molar-refractivity contribution >= 4 is 45.2 Å². The van der Waals surface area contributed by atoms with Gasteiger partial charge in [0, 0.05) is 67.6 Å². The van der Waals surface area contributed by atoms with Gasteiger partial charge in [0.05, 0.1) is 24.1 Å². The molecule has 2 N–H and O–H groups in total. The summed E-state index contributed by atoms with van der Waals surface area (Å²) in [4.78, 5) is 26.4. The van der Waals surface area contributed by atoms with E-state index >= 15 is 0 Å². The molecular formula is C38H45N9O3S2Zn. The van der Waals surface area contributed by atoms with Gasteiger partial charge < -0.3 is 19.7 Å². The van der Waals surface area contributed by atoms with E-state index in [1.54, 1.807) is 54.4 Å². The molecule has 274 valence electrons. The molecule has 0 saturated carbocycles. The van der Waals surface area contributed by atoms with Crippen molar-refractivity contribution < 1.29 is 34.5 Å². The van der Waals surface area contributed by atoms with Crippen LogP contribution in [0.5, 0.6) is 5.75 Å². The Morgan fingerprint density at radius 2 is 1.64 bits per heavy atom. The number of hydrogen-bond acceptors (Lipinski definition) is 10. The number of aromatic nitrogens is 5. The quantitative estimate of drug-likeness (QED) is 0.0850. The maximum atomic E-state index is 11.0. The van der Waals surface area contributed by atoms with Gasteiger partial charge in [-0.15, -0.1) is 10.2 Å². The molecule has 15 heteroatoms. The van der Waals surface area contributed by atoms with Gasteiger partial charge in [0.2, 0.25) is 11.1 Å². The van der Waals surface area contributed by atoms with Crippen molar-refractivity contribution in [2.75, 3.05) is 6.54 Å². The number of imidazole rings is 1. The number of aromatic carboxylic acids is 1. The summed E-state index contributed by atoms with van der Waals surface area (Å²) < 4.78 is 2.07. The number of thioether (sulfide) groups is 1. The standard InChI is InChI=1S/C31H39N9OS2.C7H6O2.Zn/c1-30(2,3)26-35-36-28(43-26)34-29(39(20-22-12-9-10-15-33-22)18-11-17-38-19-16-32-21-38)40-25(23-13-7-8-14-24(23)41)42-27(37-40)31(4,5)6;8-7(9)6-4-2-1-3-5-6;/h7-10,12-16,19,21,25,41H,11,17-18,20H2,1-6H3;1-5H,(H,8,9);/b34-29+;;. The van der Waals surface area contributed by atoms with E-state index in [1.807, 2.05) is 60.1 Å². The first-order chi connectivity index (χ1) is 24.8. The fourth-order valence-electron chi connectivity index (χ4n) is 4.99. The van der Waals surface area contributed by atoms with E-state index in [0.29, 0.717) is 29.7 Å². The van der Waals surface area contributed by atoms with Crippen LogP contribution in [0.25, 0.3) is 0 Å². The number of carbonyl (C=O) groups is 1. The van der Waals surface area contributed by atoms with Crippen LogP contribution in [0, 0.1) is 5.41 Å². The molecule has 0 saturated heterocycles. The van der Waals surface area contributed by atoms with Crippen LogP contribution in [0.3, 0.4) is 0 Å². The number of guanidine groups is 1. The van der Waals surface area contributed by atoms with Gasteiger partial charge >= 0.3 is 5.97 Å². The molecule has 4 heterocycles. The van der Waals surface area contributed by atoms with Gasteiger partial charge in [0.15, 0.2) is 0 Å². The Morgan fingerprint density at radius 3 is 2.23 bits per heavy atom. The van der Waals surface area contributed by atoms with E-state index < -0.39 is 5.97 Å². The number of aliphatic imine (C=N–C) groups is 1. The van der Waals surface area contributed by atoms with Gasteiger partial charge in [-0.3, -0.25) is 4.98 Å². The van der Waals surface area contributed by atoms with Crippen LogP contribution < -0.4 is 0 Å². The number of hydrogen-bond donors (Lipinski definition) is 2. The number of pyridine rings is 1. The molecule has 0 bridgehead atoms. The number of carboxylic acids is 1. The molecule has 0 spiro atoms. The first-order valence-corrected chi connectivity index (χ1v) is 18.6. The topological polar surface area (TPSA) is 145 Å². The monoisotopic (exact) mass is 803 g/mol. The Labute approximate surface area is 331 Å². The van der Waals surface area contributed by atoms with Gasteiger partial charge in [-0.25, -0.2) is 14.8 Å². The maximum absolute atomic E-state index is 11.0. The van der Waals surface area contributed by atoms with Crippen LogP contribution in [-0.4, -0.2) is 68.4 Å². The van der Waals surface area contributed by atoms with Crippen molar-refractivity contribution in [1.82, 2.24) is 34.6 Å². The van der Waals surface area contributed by atoms with Crippen molar-refractivity contribution in [3.05, 3.63) is 120 Å². The minimum atomic E-state index is -0.879. The summed E-state index contributed by atoms with van der Waals surface area (Å²) in [6.07, 6.45) is 8.24. The van der Waals surface area contributed by atoms with Gasteiger partial charge in [-0.1, -0.05) is 107 Å². The second-order valence-electron chi connectivity index (χ2n) is 14.1. The van der Waals surface area contributed by atoms with E-state index in [0.717, 1.165) is 34.3 Å². The first-order valence-electron chi connectivity index (χ1n) is 16.9. The summed E-state index contributed by atoms with van der Waals surface area (Å²) in [5.41, 5.74) is 1.66. The third-order valence-electron chi connectivity index (χ3n) is 7.73. The van der Waals surface area contributed by atoms with Crippen molar-refractivity contribution in [2.24, 2.45) is 15.5 Å². The predicted octanol–water partition coefficient (Wildman–Crippen LogP) is 8.20. The molecule has 1 aliphatic rings. The number of rotatable bonds is 9. The summed E-state index contributed by atoms with van der Waals surface area (Å²) in [5, 5.41) is 37.5. The Balaban J connectivity index is 0.000000549. The largest absolute Gasteiger partial charge is 0.508 e. The van der Waals surface area contributed by atoms with Crippen molar-refractivity contribution in [1.29, 1.82) is 0 Å². The van der Waals surface area contributed by atoms with Gasteiger partial charge in [0.1, 0.15) is 21.2 Å². The number of aromatic hydroxyl groups is 1. The van der Waals surface area contributed by atoms with Crippen LogP contribution in [-0.2, 0) is 38.0 Å². The molecule has 0 fully saturated rings. The molecule has 2 aromatic carbocycles. The third-order valence-corrected chi connectivity index (χ3v) is 10.6. The Morgan fingerprint density at radius 1 is 0.925 bits per heavy atom. The number of phenols is 1. The first kappa shape index (κ1) is 41.3. The summed E-state index contributed by atoms with van der Waals surface area (Å²) in [6, 6.07) is 21.7. The van der Waals surface area contributed by atoms with E-state index in [9.17, 15) is 9.90 Å². The van der Waals surface area contributed by atoms with Gasteiger partial charge in [0.25, 0.3) is 0 Å². The second kappa shape index (κ2) is 18.5. The normalized spacial score (nSPS) is 14.5. The van der Waals surface area contributed by atoms with Gasteiger partial charge in [-0.05, 0) is 36.8 Å². The minimum Gasteiger partial charge on any atom is -0.508 e. The molecule has 53 heavy (non-hydrogen) atoms. The van der Waals surface area contributed by atoms with Crippen LogP contribution in [0.2, 0.25) is 0 Å². The fraction of sp³-hybridized carbons (Fsp3) is 0.342. The van der Waals surface area contributed by atoms with Crippen LogP contribution in [0.4, 0.5) is 5.13 Å². The second-order valence-corrected chi connectivity index (χ2v) is 16.2. The smallest absolute Gasteiger partial charge is 0.335 e. The molecule has 0 amide bonds. The summed E-state index contributed by atoms with van der Waals surface area (Å²) in [5.74, 6) is -0.0273. The summed E-state index contributed by atoms with van der Waals surface area (Å²) in [6.45, 7) is 14.8. The van der Waals surface area contributed by atoms with Crippen LogP contribution in [0.1, 0.15) is 80.0 Å². The van der Waals surface area contributed by atoms with E-state index in [4.69, 9.17) is 15.2 Å². The van der Waals surface area contributed by atoms with E-state index in [2.05, 4.69) is 71.2 Å². The number of para-hydroxylation sites is 1. The molecule has 0 radical (unpaired) electrons. The molecule has 6 rings (SSSR count). The molecule has 1 unspecified atom stereocenters. The van der Waals surface area contributed by atoms with Crippen molar-refractivity contribution in [2.45, 2.75) is 71.8 Å². The van der Waals surface area contributed by atoms with Crippen LogP contribution >= 0.6 is 23.1 Å². The van der Waals surface area contributed by atoms with Gasteiger partial charge in [-0.2, -0.15) is 10.1 Å². The minimum absolute atomic E-state index is 0. The Bertz CT molecular complexity index is 1960. The predicted molar refractivity (Wildman–Crippen MR) is 208 cm³/mol. The SMILES string of the molecule is CC(C)(C)C1=NN(/C(=N/c2nnc(C(C)(C)C)s2)N(CCCn2ccnc2)Cc2ccccn2)C(c2ccccc2O)S1.O=C(O)c1ccccc1.[Zn]. The average Bonchev–Trinajstić information content (AvgIpc) is 3.90. The van der Waals surface area contributed by atoms with Crippen molar-refractivity contribution in [3.63, 3.8) is 0 Å². The van der Waals surface area contributed by atoms with E-state index in [1.165, 1.54) is 11.3 Å². The number of nitrogens with zero attached hydrogens (tertiary/aromatic N) is 9. The van der Waals surface area contributed by atoms with Crippen LogP contribution in [0.15, 0.2) is 108 Å². The number of phenolic OH excluding ortho intramolecular Hbond substituents is 1. The Hall–Kier alpha value is -4.46. The molecule has 1 atom stereocenters. The average molecular weight is 805 g/mol. The third kappa shape index (κ3) is 11.5. The summed E-state index contributed by atoms with van der Waals surface area (Å²) in [7, 11) is 0. The molecule has 12 nitrogen and oxygen atoms in total. The molecule has 1 aliphatic heterocycles.